The molecule has 4 aromatic rings. The molecule has 4 unspecified atom stereocenters. The highest BCUT2D eigenvalue weighted by molar-refractivity contribution is 6.32. The molecule has 1 saturated heterocycles. The highest BCUT2D eigenvalue weighted by Gasteiger charge is 2.41. The lowest BCUT2D eigenvalue weighted by atomic mass is 9.77. The monoisotopic (exact) mass is 770 g/mol. The van der Waals surface area contributed by atoms with Crippen molar-refractivity contribution in [2.75, 3.05) is 33.4 Å². The van der Waals surface area contributed by atoms with Crippen molar-refractivity contribution in [3.05, 3.63) is 123 Å². The largest absolute Gasteiger partial charge is 0.489 e. The number of hydrogen-bond donors (Lipinski definition) is 2. The molecule has 4 atom stereocenters. The molecule has 1 aliphatic heterocycles. The first-order valence-corrected chi connectivity index (χ1v) is 18.6. The zero-order valence-corrected chi connectivity index (χ0v) is 32.1. The predicted molar refractivity (Wildman–Crippen MR) is 207 cm³/mol. The number of halogens is 2. The van der Waals surface area contributed by atoms with Crippen LogP contribution in [0.5, 0.6) is 11.5 Å². The maximum Gasteiger partial charge on any atom is 0.325 e. The lowest BCUT2D eigenvalue weighted by Crippen LogP contribution is -2.47. The van der Waals surface area contributed by atoms with Crippen molar-refractivity contribution in [2.45, 2.75) is 44.6 Å². The molecule has 6 rings (SSSR count). The lowest BCUT2D eigenvalue weighted by molar-refractivity contribution is -0.139. The van der Waals surface area contributed by atoms with Crippen molar-refractivity contribution in [3.63, 3.8) is 0 Å². The molecule has 0 bridgehead atoms. The fourth-order valence-corrected chi connectivity index (χ4v) is 7.53. The van der Waals surface area contributed by atoms with Crippen LogP contribution in [0.2, 0.25) is 10.0 Å². The Morgan fingerprint density at radius 2 is 1.96 bits per heavy atom. The summed E-state index contributed by atoms with van der Waals surface area (Å²) in [6.45, 7) is 5.06. The molecule has 13 heteroatoms. The molecule has 3 heterocycles. The standard InChI is InChI=1S/C41H44Cl2N6O5/c1-27-33(34-9-4-5-11-35(34)42)10-6-12-41(27,54-25-28-8-7-13-48(2)22-28)26-53-38-16-37(52-24-30-14-29(17-44)18-45-19-30)31(15-36(38)43)20-46-39(40(50)51)32-21-47-49(3)23-32/h4-6,9-12,14-16,18-19,21,23,27-28,39,46H,7-8,13,20,22,24-26H2,1-3H3,(H,50,51). The number of nitrogens with one attached hydrogen (secondary N) is 1. The molecular formula is C41H44Cl2N6O5. The second kappa shape index (κ2) is 17.6. The van der Waals surface area contributed by atoms with E-state index in [-0.39, 0.29) is 25.7 Å². The van der Waals surface area contributed by atoms with Crippen LogP contribution >= 0.6 is 23.2 Å². The summed E-state index contributed by atoms with van der Waals surface area (Å²) in [6.07, 6.45) is 14.6. The second-order valence-electron chi connectivity index (χ2n) is 14.0. The number of rotatable bonds is 15. The predicted octanol–water partition coefficient (Wildman–Crippen LogP) is 7.25. The Hall–Kier alpha value is -4.70. The number of aromatic nitrogens is 3. The molecule has 0 saturated carbocycles. The molecule has 11 nitrogen and oxygen atoms in total. The van der Waals surface area contributed by atoms with Crippen molar-refractivity contribution in [1.82, 2.24) is 25.0 Å². The number of pyridine rings is 1. The van der Waals surface area contributed by atoms with Crippen molar-refractivity contribution in [2.24, 2.45) is 18.9 Å². The van der Waals surface area contributed by atoms with Crippen molar-refractivity contribution in [3.8, 4) is 17.6 Å². The summed E-state index contributed by atoms with van der Waals surface area (Å²) < 4.78 is 21.4. The average molecular weight is 772 g/mol. The van der Waals surface area contributed by atoms with Crippen LogP contribution < -0.4 is 14.8 Å². The summed E-state index contributed by atoms with van der Waals surface area (Å²) in [7, 11) is 3.87. The maximum atomic E-state index is 12.3. The third kappa shape index (κ3) is 9.32. The van der Waals surface area contributed by atoms with E-state index in [1.165, 1.54) is 12.4 Å². The van der Waals surface area contributed by atoms with E-state index in [0.29, 0.717) is 56.3 Å². The third-order valence-electron chi connectivity index (χ3n) is 10.0. The van der Waals surface area contributed by atoms with Crippen LogP contribution in [-0.4, -0.2) is 69.7 Å². The topological polar surface area (TPSA) is 135 Å². The number of carbonyl (C=O) groups is 1. The number of nitrogens with zero attached hydrogens (tertiary/aromatic N) is 5. The minimum Gasteiger partial charge on any atom is -0.489 e. The zero-order chi connectivity index (χ0) is 38.2. The number of aliphatic carboxylic acids is 1. The van der Waals surface area contributed by atoms with Crippen LogP contribution in [0, 0.1) is 23.2 Å². The summed E-state index contributed by atoms with van der Waals surface area (Å²) in [6, 6.07) is 14.0. The van der Waals surface area contributed by atoms with Gasteiger partial charge in [-0.15, -0.1) is 0 Å². The van der Waals surface area contributed by atoms with E-state index in [0.717, 1.165) is 37.1 Å². The van der Waals surface area contributed by atoms with Gasteiger partial charge in [0, 0.05) is 72.4 Å². The molecule has 1 fully saturated rings. The molecule has 2 N–H and O–H groups in total. The number of ether oxygens (including phenoxy) is 3. The van der Waals surface area contributed by atoms with Gasteiger partial charge in [-0.2, -0.15) is 10.4 Å². The molecule has 2 aromatic carbocycles. The summed E-state index contributed by atoms with van der Waals surface area (Å²) >= 11 is 13.6. The van der Waals surface area contributed by atoms with Gasteiger partial charge in [-0.25, -0.2) is 0 Å². The zero-order valence-electron chi connectivity index (χ0n) is 30.5. The maximum absolute atomic E-state index is 12.3. The number of allylic oxidation sites excluding steroid dienone is 2. The minimum absolute atomic E-state index is 0.0935. The van der Waals surface area contributed by atoms with Crippen LogP contribution in [0.15, 0.2) is 85.5 Å². The number of nitriles is 1. The number of piperidine rings is 1. The summed E-state index contributed by atoms with van der Waals surface area (Å²) in [4.78, 5) is 18.8. The van der Waals surface area contributed by atoms with Gasteiger partial charge in [0.05, 0.1) is 23.4 Å². The van der Waals surface area contributed by atoms with Gasteiger partial charge in [0.2, 0.25) is 0 Å². The van der Waals surface area contributed by atoms with Crippen molar-refractivity contribution in [1.29, 1.82) is 5.26 Å². The Bertz CT molecular complexity index is 2060. The van der Waals surface area contributed by atoms with E-state index in [9.17, 15) is 15.2 Å². The summed E-state index contributed by atoms with van der Waals surface area (Å²) in [5.74, 6) is -0.0237. The molecule has 2 aromatic heterocycles. The van der Waals surface area contributed by atoms with Gasteiger partial charge in [0.1, 0.15) is 42.4 Å². The average Bonchev–Trinajstić information content (AvgIpc) is 3.59. The first kappa shape index (κ1) is 39.0. The normalized spacial score (nSPS) is 20.6. The minimum atomic E-state index is -1.05. The Labute approximate surface area is 325 Å². The lowest BCUT2D eigenvalue weighted by Gasteiger charge is -2.41. The van der Waals surface area contributed by atoms with Crippen LogP contribution in [0.1, 0.15) is 53.6 Å². The number of carboxylic acid groups (broad SMARTS) is 1. The van der Waals surface area contributed by atoms with E-state index < -0.39 is 17.6 Å². The highest BCUT2D eigenvalue weighted by Crippen LogP contribution is 2.42. The highest BCUT2D eigenvalue weighted by atomic mass is 35.5. The number of likely N-dealkylation sites (tertiary alicyclic amines) is 1. The van der Waals surface area contributed by atoms with Crippen LogP contribution in [0.25, 0.3) is 5.57 Å². The van der Waals surface area contributed by atoms with E-state index in [2.05, 4.69) is 52.5 Å². The number of carboxylic acids is 1. The van der Waals surface area contributed by atoms with Gasteiger partial charge < -0.3 is 24.2 Å². The van der Waals surface area contributed by atoms with Gasteiger partial charge in [0.25, 0.3) is 0 Å². The Morgan fingerprint density at radius 3 is 2.70 bits per heavy atom. The Balaban J connectivity index is 1.29. The van der Waals surface area contributed by atoms with Gasteiger partial charge in [0.15, 0.2) is 0 Å². The number of hydrogen-bond acceptors (Lipinski definition) is 9. The SMILES string of the molecule is CC1C(c2ccccc2Cl)=CC=CC1(COc1cc(OCc2cncc(C#N)c2)c(CNC(C(=O)O)c2cnn(C)c2)cc1Cl)OCC1CCCN(C)C1. The first-order valence-electron chi connectivity index (χ1n) is 17.9. The van der Waals surface area contributed by atoms with E-state index in [1.807, 2.05) is 30.3 Å². The molecule has 0 spiro atoms. The molecule has 0 radical (unpaired) electrons. The molecular weight excluding hydrogens is 727 g/mol. The van der Waals surface area contributed by atoms with Crippen molar-refractivity contribution >= 4 is 34.7 Å². The van der Waals surface area contributed by atoms with Gasteiger partial charge in [-0.05, 0) is 67.8 Å². The van der Waals surface area contributed by atoms with Crippen molar-refractivity contribution < 1.29 is 24.1 Å². The fraction of sp³-hybridized carbons (Fsp3) is 0.366. The van der Waals surface area contributed by atoms with Crippen LogP contribution in [0.4, 0.5) is 0 Å². The summed E-state index contributed by atoms with van der Waals surface area (Å²) in [5.41, 5.74) is 3.32. The van der Waals surface area contributed by atoms with E-state index in [4.69, 9.17) is 37.4 Å². The molecule has 0 amide bonds. The Kier molecular flexibility index (Phi) is 12.7. The molecule has 1 aliphatic carbocycles. The smallest absolute Gasteiger partial charge is 0.325 e. The number of benzene rings is 2. The molecule has 54 heavy (non-hydrogen) atoms. The van der Waals surface area contributed by atoms with Gasteiger partial charge >= 0.3 is 5.97 Å². The third-order valence-corrected chi connectivity index (χ3v) is 10.7. The fourth-order valence-electron chi connectivity index (χ4n) is 7.04. The first-order chi connectivity index (χ1) is 26.0. The second-order valence-corrected chi connectivity index (χ2v) is 14.8. The quantitative estimate of drug-likeness (QED) is 0.127. The summed E-state index contributed by atoms with van der Waals surface area (Å²) in [5, 5.41) is 27.6. The van der Waals surface area contributed by atoms with Gasteiger partial charge in [-0.3, -0.25) is 19.8 Å². The number of aryl methyl sites for hydroxylation is 1. The molecule has 2 aliphatic rings. The van der Waals surface area contributed by atoms with E-state index >= 15 is 0 Å². The Morgan fingerprint density at radius 1 is 1.13 bits per heavy atom. The van der Waals surface area contributed by atoms with Crippen LogP contribution in [-0.2, 0) is 29.7 Å². The molecule has 282 valence electrons. The van der Waals surface area contributed by atoms with Crippen LogP contribution in [0.3, 0.4) is 0 Å². The van der Waals surface area contributed by atoms with Gasteiger partial charge in [-0.1, -0.05) is 60.5 Å². The van der Waals surface area contributed by atoms with E-state index in [1.54, 1.807) is 42.3 Å².